The molecule has 1 spiro atoms. The number of rotatable bonds is 1. The SMILES string of the molecule is COC(=O)[C@@H]1CCC2(CCN(C(=O)OC(C)(C)C)CC2)C1=O. The van der Waals surface area contributed by atoms with Crippen molar-refractivity contribution in [1.29, 1.82) is 0 Å². The predicted molar refractivity (Wildman–Crippen MR) is 79.2 cm³/mol. The van der Waals surface area contributed by atoms with Gasteiger partial charge in [0.25, 0.3) is 0 Å². The number of methoxy groups -OCH3 is 1. The van der Waals surface area contributed by atoms with Crippen LogP contribution in [-0.2, 0) is 19.1 Å². The molecule has 1 amide bonds. The Bertz CT molecular complexity index is 471. The molecule has 1 saturated carbocycles. The van der Waals surface area contributed by atoms with Crippen LogP contribution >= 0.6 is 0 Å². The highest BCUT2D eigenvalue weighted by Crippen LogP contribution is 2.46. The van der Waals surface area contributed by atoms with E-state index in [4.69, 9.17) is 9.47 Å². The van der Waals surface area contributed by atoms with Crippen LogP contribution in [0.4, 0.5) is 4.79 Å². The third kappa shape index (κ3) is 3.25. The molecule has 6 nitrogen and oxygen atoms in total. The molecule has 6 heteroatoms. The van der Waals surface area contributed by atoms with Crippen LogP contribution in [0.1, 0.15) is 46.5 Å². The maximum atomic E-state index is 12.6. The lowest BCUT2D eigenvalue weighted by Gasteiger charge is -2.38. The van der Waals surface area contributed by atoms with E-state index >= 15 is 0 Å². The molecule has 2 aliphatic rings. The Balaban J connectivity index is 1.96. The highest BCUT2D eigenvalue weighted by molar-refractivity contribution is 6.03. The number of amides is 1. The Kier molecular flexibility index (Phi) is 4.49. The number of carbonyl (C=O) groups is 3. The van der Waals surface area contributed by atoms with E-state index in [9.17, 15) is 14.4 Å². The number of esters is 1. The average Bonchev–Trinajstić information content (AvgIpc) is 2.74. The van der Waals surface area contributed by atoms with Crippen molar-refractivity contribution in [3.8, 4) is 0 Å². The van der Waals surface area contributed by atoms with Crippen LogP contribution in [-0.4, -0.2) is 48.5 Å². The van der Waals surface area contributed by atoms with Crippen molar-refractivity contribution in [3.63, 3.8) is 0 Å². The fourth-order valence-electron chi connectivity index (χ4n) is 3.35. The monoisotopic (exact) mass is 311 g/mol. The molecule has 0 aromatic rings. The van der Waals surface area contributed by atoms with Crippen molar-refractivity contribution in [2.75, 3.05) is 20.2 Å². The fourth-order valence-corrected chi connectivity index (χ4v) is 3.35. The lowest BCUT2D eigenvalue weighted by atomic mass is 9.75. The van der Waals surface area contributed by atoms with E-state index in [2.05, 4.69) is 0 Å². The second-order valence-electron chi connectivity index (χ2n) is 7.23. The minimum absolute atomic E-state index is 0.0109. The van der Waals surface area contributed by atoms with E-state index in [1.54, 1.807) is 4.90 Å². The number of piperidine rings is 1. The number of Topliss-reactive ketones (excluding diaryl/α,β-unsaturated/α-hetero) is 1. The zero-order valence-corrected chi connectivity index (χ0v) is 13.8. The first-order chi connectivity index (χ1) is 10.2. The van der Waals surface area contributed by atoms with Gasteiger partial charge in [-0.3, -0.25) is 9.59 Å². The molecule has 0 aromatic carbocycles. The van der Waals surface area contributed by atoms with Crippen LogP contribution in [0.15, 0.2) is 0 Å². The van der Waals surface area contributed by atoms with Gasteiger partial charge in [0.2, 0.25) is 0 Å². The van der Waals surface area contributed by atoms with Gasteiger partial charge < -0.3 is 14.4 Å². The van der Waals surface area contributed by atoms with Crippen LogP contribution in [0.25, 0.3) is 0 Å². The van der Waals surface area contributed by atoms with Gasteiger partial charge in [0, 0.05) is 18.5 Å². The van der Waals surface area contributed by atoms with Gasteiger partial charge >= 0.3 is 12.1 Å². The number of hydrogen-bond donors (Lipinski definition) is 0. The van der Waals surface area contributed by atoms with Gasteiger partial charge in [-0.2, -0.15) is 0 Å². The maximum Gasteiger partial charge on any atom is 0.410 e. The number of hydrogen-bond acceptors (Lipinski definition) is 5. The lowest BCUT2D eigenvalue weighted by Crippen LogP contribution is -2.47. The van der Waals surface area contributed by atoms with Crippen molar-refractivity contribution >= 4 is 17.8 Å². The summed E-state index contributed by atoms with van der Waals surface area (Å²) in [5.41, 5.74) is -0.983. The van der Waals surface area contributed by atoms with Gasteiger partial charge in [0.15, 0.2) is 5.78 Å². The summed E-state index contributed by atoms with van der Waals surface area (Å²) in [6.07, 6.45) is 2.11. The van der Waals surface area contributed by atoms with Crippen LogP contribution < -0.4 is 0 Å². The predicted octanol–water partition coefficient (Wildman–Crippen LogP) is 2.16. The molecule has 22 heavy (non-hydrogen) atoms. The molecule has 0 N–H and O–H groups in total. The highest BCUT2D eigenvalue weighted by Gasteiger charge is 2.52. The molecule has 0 unspecified atom stereocenters. The van der Waals surface area contributed by atoms with Gasteiger partial charge in [-0.1, -0.05) is 0 Å². The van der Waals surface area contributed by atoms with E-state index in [1.165, 1.54) is 7.11 Å². The molecule has 0 aromatic heterocycles. The summed E-state index contributed by atoms with van der Waals surface area (Å²) in [5.74, 6) is -1.07. The Morgan fingerprint density at radius 1 is 1.18 bits per heavy atom. The van der Waals surface area contributed by atoms with Gasteiger partial charge in [-0.15, -0.1) is 0 Å². The molecule has 1 heterocycles. The average molecular weight is 311 g/mol. The number of ether oxygens (including phenoxy) is 2. The zero-order chi connectivity index (χ0) is 16.5. The molecule has 0 bridgehead atoms. The minimum atomic E-state index is -0.627. The summed E-state index contributed by atoms with van der Waals surface area (Å²) in [5, 5.41) is 0. The van der Waals surface area contributed by atoms with E-state index < -0.39 is 22.9 Å². The fraction of sp³-hybridized carbons (Fsp3) is 0.812. The summed E-state index contributed by atoms with van der Waals surface area (Å²) < 4.78 is 10.1. The van der Waals surface area contributed by atoms with E-state index in [1.807, 2.05) is 20.8 Å². The van der Waals surface area contributed by atoms with E-state index in [0.717, 1.165) is 0 Å². The second kappa shape index (κ2) is 5.89. The van der Waals surface area contributed by atoms with Crippen LogP contribution in [0.2, 0.25) is 0 Å². The highest BCUT2D eigenvalue weighted by atomic mass is 16.6. The first kappa shape index (κ1) is 16.8. The Labute approximate surface area is 131 Å². The molecule has 1 aliphatic heterocycles. The van der Waals surface area contributed by atoms with Crippen molar-refractivity contribution in [2.24, 2.45) is 11.3 Å². The third-order valence-electron chi connectivity index (χ3n) is 4.61. The molecular formula is C16H25NO5. The summed E-state index contributed by atoms with van der Waals surface area (Å²) >= 11 is 0. The number of likely N-dealkylation sites (tertiary alicyclic amines) is 1. The molecule has 1 aliphatic carbocycles. The second-order valence-corrected chi connectivity index (χ2v) is 7.23. The zero-order valence-electron chi connectivity index (χ0n) is 13.8. The Morgan fingerprint density at radius 2 is 1.77 bits per heavy atom. The summed E-state index contributed by atoms with van der Waals surface area (Å²) in [6.45, 7) is 6.48. The molecule has 2 rings (SSSR count). The molecule has 124 valence electrons. The number of ketones is 1. The normalized spacial score (nSPS) is 24.5. The van der Waals surface area contributed by atoms with Gasteiger partial charge in [0.1, 0.15) is 11.5 Å². The summed E-state index contributed by atoms with van der Waals surface area (Å²) in [7, 11) is 1.31. The maximum absolute atomic E-state index is 12.6. The van der Waals surface area contributed by atoms with Crippen LogP contribution in [0.3, 0.4) is 0 Å². The number of carbonyl (C=O) groups excluding carboxylic acids is 3. The quantitative estimate of drug-likeness (QED) is 0.548. The van der Waals surface area contributed by atoms with E-state index in [-0.39, 0.29) is 11.9 Å². The van der Waals surface area contributed by atoms with Gasteiger partial charge in [-0.05, 0) is 46.5 Å². The van der Waals surface area contributed by atoms with Crippen molar-refractivity contribution in [3.05, 3.63) is 0 Å². The molecule has 1 atom stereocenters. The summed E-state index contributed by atoms with van der Waals surface area (Å²) in [4.78, 5) is 37.9. The minimum Gasteiger partial charge on any atom is -0.468 e. The molecule has 0 radical (unpaired) electrons. The standard InChI is InChI=1S/C16H25NO5/c1-15(2,3)22-14(20)17-9-7-16(8-10-17)6-5-11(12(16)18)13(19)21-4/h11H,5-10H2,1-4H3/t11-/m1/s1. The Morgan fingerprint density at radius 3 is 2.27 bits per heavy atom. The van der Waals surface area contributed by atoms with Gasteiger partial charge in [-0.25, -0.2) is 4.79 Å². The molecule has 1 saturated heterocycles. The van der Waals surface area contributed by atoms with Crippen LogP contribution in [0.5, 0.6) is 0 Å². The van der Waals surface area contributed by atoms with Gasteiger partial charge in [0.05, 0.1) is 7.11 Å². The topological polar surface area (TPSA) is 72.9 Å². The van der Waals surface area contributed by atoms with E-state index in [0.29, 0.717) is 38.8 Å². The smallest absolute Gasteiger partial charge is 0.410 e. The number of nitrogens with zero attached hydrogens (tertiary/aromatic N) is 1. The van der Waals surface area contributed by atoms with Crippen molar-refractivity contribution < 1.29 is 23.9 Å². The summed E-state index contributed by atoms with van der Waals surface area (Å²) in [6, 6.07) is 0. The first-order valence-electron chi connectivity index (χ1n) is 7.79. The third-order valence-corrected chi connectivity index (χ3v) is 4.61. The largest absolute Gasteiger partial charge is 0.468 e. The lowest BCUT2D eigenvalue weighted by molar-refractivity contribution is -0.150. The van der Waals surface area contributed by atoms with Crippen molar-refractivity contribution in [2.45, 2.75) is 52.1 Å². The van der Waals surface area contributed by atoms with Crippen molar-refractivity contribution in [1.82, 2.24) is 4.90 Å². The molecule has 2 fully saturated rings. The Hall–Kier alpha value is -1.59. The van der Waals surface area contributed by atoms with Crippen LogP contribution in [0, 0.1) is 11.3 Å². The molecular weight excluding hydrogens is 286 g/mol. The first-order valence-corrected chi connectivity index (χ1v) is 7.79.